The van der Waals surface area contributed by atoms with Gasteiger partial charge in [0, 0.05) is 37.8 Å². The first-order valence-electron chi connectivity index (χ1n) is 11.1. The lowest BCUT2D eigenvalue weighted by atomic mass is 10.1. The highest BCUT2D eigenvalue weighted by Gasteiger charge is 2.25. The highest BCUT2D eigenvalue weighted by molar-refractivity contribution is 5.95. The normalized spacial score (nSPS) is 13.4. The molecule has 0 spiro atoms. The van der Waals surface area contributed by atoms with Crippen LogP contribution in [0.4, 0.5) is 5.82 Å². The average molecular weight is 481 g/mol. The number of piperazine rings is 1. The zero-order valence-electron chi connectivity index (χ0n) is 20.2. The van der Waals surface area contributed by atoms with Gasteiger partial charge in [0.2, 0.25) is 5.75 Å². The predicted octanol–water partition coefficient (Wildman–Crippen LogP) is 2.23. The minimum Gasteiger partial charge on any atom is -0.497 e. The van der Waals surface area contributed by atoms with Gasteiger partial charge in [-0.1, -0.05) is 0 Å². The molecule has 0 saturated carbocycles. The lowest BCUT2D eigenvalue weighted by molar-refractivity contribution is 0.0745. The van der Waals surface area contributed by atoms with Crippen molar-refractivity contribution in [1.82, 2.24) is 14.7 Å². The molecular weight excluding hydrogens is 452 g/mol. The van der Waals surface area contributed by atoms with Crippen molar-refractivity contribution in [1.29, 1.82) is 0 Å². The Morgan fingerprint density at radius 2 is 1.43 bits per heavy atom. The second-order valence-electron chi connectivity index (χ2n) is 7.83. The summed E-state index contributed by atoms with van der Waals surface area (Å²) in [5, 5.41) is 4.55. The number of anilines is 1. The molecule has 1 aliphatic heterocycles. The molecule has 1 aromatic heterocycles. The number of benzene rings is 2. The maximum absolute atomic E-state index is 13.2. The van der Waals surface area contributed by atoms with E-state index in [1.165, 1.54) is 32.1 Å². The summed E-state index contributed by atoms with van der Waals surface area (Å²) in [7, 11) is 6.14. The molecule has 0 bridgehead atoms. The Labute approximate surface area is 203 Å². The highest BCUT2D eigenvalue weighted by atomic mass is 16.5. The molecule has 184 valence electrons. The van der Waals surface area contributed by atoms with Gasteiger partial charge in [-0.05, 0) is 42.5 Å². The van der Waals surface area contributed by atoms with Gasteiger partial charge in [0.05, 0.1) is 34.1 Å². The van der Waals surface area contributed by atoms with Crippen LogP contribution in [-0.4, -0.2) is 75.2 Å². The van der Waals surface area contributed by atoms with Gasteiger partial charge in [0.1, 0.15) is 11.6 Å². The first-order valence-corrected chi connectivity index (χ1v) is 11.1. The molecule has 2 heterocycles. The third kappa shape index (κ3) is 4.86. The van der Waals surface area contributed by atoms with Crippen LogP contribution in [0.15, 0.2) is 53.3 Å². The zero-order valence-corrected chi connectivity index (χ0v) is 20.2. The molecule has 10 nitrogen and oxygen atoms in total. The van der Waals surface area contributed by atoms with Gasteiger partial charge in [0.25, 0.3) is 11.5 Å². The van der Waals surface area contributed by atoms with E-state index in [0.717, 1.165) is 0 Å². The van der Waals surface area contributed by atoms with E-state index in [9.17, 15) is 9.59 Å². The number of hydrogen-bond donors (Lipinski definition) is 0. The van der Waals surface area contributed by atoms with E-state index in [2.05, 4.69) is 10.00 Å². The molecule has 0 radical (unpaired) electrons. The number of aromatic nitrogens is 2. The van der Waals surface area contributed by atoms with Gasteiger partial charge in [-0.2, -0.15) is 4.68 Å². The Balaban J connectivity index is 1.49. The van der Waals surface area contributed by atoms with Crippen LogP contribution >= 0.6 is 0 Å². The van der Waals surface area contributed by atoms with Crippen molar-refractivity contribution in [2.45, 2.75) is 0 Å². The van der Waals surface area contributed by atoms with Crippen molar-refractivity contribution in [3.8, 4) is 28.7 Å². The van der Waals surface area contributed by atoms with E-state index in [1.807, 2.05) is 0 Å². The molecule has 0 N–H and O–H groups in total. The predicted molar refractivity (Wildman–Crippen MR) is 131 cm³/mol. The second kappa shape index (κ2) is 10.4. The molecule has 0 aliphatic carbocycles. The largest absolute Gasteiger partial charge is 0.497 e. The summed E-state index contributed by atoms with van der Waals surface area (Å²) in [6, 6.07) is 13.6. The van der Waals surface area contributed by atoms with E-state index >= 15 is 0 Å². The number of nitrogens with zero attached hydrogens (tertiary/aromatic N) is 4. The van der Waals surface area contributed by atoms with E-state index in [0.29, 0.717) is 66.2 Å². The smallest absolute Gasteiger partial charge is 0.271 e. The zero-order chi connectivity index (χ0) is 24.9. The second-order valence-corrected chi connectivity index (χ2v) is 7.83. The fourth-order valence-electron chi connectivity index (χ4n) is 4.00. The fraction of sp³-hybridized carbons (Fsp3) is 0.320. The molecular formula is C25H28N4O6. The van der Waals surface area contributed by atoms with Crippen LogP contribution in [0, 0.1) is 0 Å². The minimum atomic E-state index is -0.227. The number of hydrogen-bond acceptors (Lipinski definition) is 8. The third-order valence-electron chi connectivity index (χ3n) is 5.91. The quantitative estimate of drug-likeness (QED) is 0.508. The molecule has 1 saturated heterocycles. The van der Waals surface area contributed by atoms with Crippen LogP contribution in [0.2, 0.25) is 0 Å². The van der Waals surface area contributed by atoms with Crippen LogP contribution in [0.1, 0.15) is 10.4 Å². The first kappa shape index (κ1) is 23.9. The Morgan fingerprint density at radius 3 is 1.97 bits per heavy atom. The van der Waals surface area contributed by atoms with Crippen LogP contribution in [0.3, 0.4) is 0 Å². The van der Waals surface area contributed by atoms with Gasteiger partial charge in [-0.25, -0.2) is 0 Å². The highest BCUT2D eigenvalue weighted by Crippen LogP contribution is 2.38. The fourth-order valence-corrected chi connectivity index (χ4v) is 4.00. The number of carbonyl (C=O) groups excluding carboxylic acids is 1. The van der Waals surface area contributed by atoms with Crippen molar-refractivity contribution in [3.63, 3.8) is 0 Å². The monoisotopic (exact) mass is 480 g/mol. The molecule has 4 rings (SSSR count). The lowest BCUT2D eigenvalue weighted by Crippen LogP contribution is -2.49. The van der Waals surface area contributed by atoms with Crippen molar-refractivity contribution in [2.24, 2.45) is 0 Å². The molecule has 3 aromatic rings. The van der Waals surface area contributed by atoms with Gasteiger partial charge >= 0.3 is 0 Å². The molecule has 10 heteroatoms. The summed E-state index contributed by atoms with van der Waals surface area (Å²) in [6.45, 7) is 2.14. The van der Waals surface area contributed by atoms with Crippen molar-refractivity contribution >= 4 is 11.7 Å². The molecule has 1 aliphatic rings. The van der Waals surface area contributed by atoms with Crippen LogP contribution in [0.25, 0.3) is 5.69 Å². The van der Waals surface area contributed by atoms with Crippen LogP contribution in [0.5, 0.6) is 23.0 Å². The SMILES string of the molecule is COc1ccc(-n2nc(N3CCN(C(=O)c4cc(OC)c(OC)c(OC)c4)CC3)ccc2=O)cc1. The topological polar surface area (TPSA) is 95.4 Å². The Kier molecular flexibility index (Phi) is 7.09. The lowest BCUT2D eigenvalue weighted by Gasteiger charge is -2.35. The van der Waals surface area contributed by atoms with Crippen molar-refractivity contribution in [3.05, 3.63) is 64.4 Å². The number of carbonyl (C=O) groups is 1. The van der Waals surface area contributed by atoms with Crippen molar-refractivity contribution < 1.29 is 23.7 Å². The first-order chi connectivity index (χ1) is 17.0. The Hall–Kier alpha value is -4.21. The molecule has 0 unspecified atom stereocenters. The van der Waals surface area contributed by atoms with Crippen LogP contribution < -0.4 is 29.4 Å². The third-order valence-corrected chi connectivity index (χ3v) is 5.91. The molecule has 1 fully saturated rings. The molecule has 35 heavy (non-hydrogen) atoms. The van der Waals surface area contributed by atoms with E-state index in [-0.39, 0.29) is 11.5 Å². The summed E-state index contributed by atoms with van der Waals surface area (Å²) in [6.07, 6.45) is 0. The number of ether oxygens (including phenoxy) is 4. The average Bonchev–Trinajstić information content (AvgIpc) is 2.92. The summed E-state index contributed by atoms with van der Waals surface area (Å²) < 4.78 is 22.6. The van der Waals surface area contributed by atoms with E-state index < -0.39 is 0 Å². The van der Waals surface area contributed by atoms with Gasteiger partial charge < -0.3 is 28.7 Å². The summed E-state index contributed by atoms with van der Waals surface area (Å²) in [4.78, 5) is 29.5. The Morgan fingerprint density at radius 1 is 0.800 bits per heavy atom. The van der Waals surface area contributed by atoms with E-state index in [4.69, 9.17) is 18.9 Å². The standard InChI is InChI=1S/C25H28N4O6/c1-32-19-7-5-18(6-8-19)29-23(30)10-9-22(26-29)27-11-13-28(14-12-27)25(31)17-15-20(33-2)24(35-4)21(16-17)34-3/h5-10,15-16H,11-14H2,1-4H3. The van der Waals surface area contributed by atoms with Gasteiger partial charge in [-0.3, -0.25) is 9.59 Å². The molecule has 0 atom stereocenters. The Bertz CT molecular complexity index is 1220. The summed E-state index contributed by atoms with van der Waals surface area (Å²) >= 11 is 0. The van der Waals surface area contributed by atoms with Gasteiger partial charge in [0.15, 0.2) is 11.5 Å². The summed E-state index contributed by atoms with van der Waals surface area (Å²) in [5.74, 6) is 2.54. The number of methoxy groups -OCH3 is 4. The van der Waals surface area contributed by atoms with E-state index in [1.54, 1.807) is 54.5 Å². The summed E-state index contributed by atoms with van der Waals surface area (Å²) in [5.41, 5.74) is 0.878. The maximum Gasteiger partial charge on any atom is 0.271 e. The van der Waals surface area contributed by atoms with Crippen LogP contribution in [-0.2, 0) is 0 Å². The molecule has 1 amide bonds. The maximum atomic E-state index is 13.2. The number of amides is 1. The van der Waals surface area contributed by atoms with Gasteiger partial charge in [-0.15, -0.1) is 5.10 Å². The molecule has 2 aromatic carbocycles. The minimum absolute atomic E-state index is 0.125. The number of rotatable bonds is 7. The van der Waals surface area contributed by atoms with Crippen molar-refractivity contribution in [2.75, 3.05) is 59.5 Å².